The van der Waals surface area contributed by atoms with Gasteiger partial charge in [0, 0.05) is 12.8 Å². The second-order valence-electron chi connectivity index (χ2n) is 6.40. The predicted octanol–water partition coefficient (Wildman–Crippen LogP) is 2.70. The normalized spacial score (nSPS) is 23.6. The van der Waals surface area contributed by atoms with Crippen LogP contribution in [-0.4, -0.2) is 46.9 Å². The average molecular weight is 371 g/mol. The molecule has 25 heavy (non-hydrogen) atoms. The second kappa shape index (κ2) is 8.65. The molecule has 0 amide bonds. The monoisotopic (exact) mass is 370 g/mol. The number of aliphatic hydroxyl groups excluding tert-OH is 2. The fraction of sp³-hybridized carbons (Fsp3) is 0.556. The molecule has 1 aliphatic heterocycles. The van der Waals surface area contributed by atoms with Crippen molar-refractivity contribution >= 4 is 23.4 Å². The third-order valence-corrected chi connectivity index (χ3v) is 4.30. The van der Waals surface area contributed by atoms with E-state index in [1.54, 1.807) is 19.9 Å². The van der Waals surface area contributed by atoms with Gasteiger partial charge in [-0.25, -0.2) is 4.79 Å². The van der Waals surface area contributed by atoms with E-state index in [0.29, 0.717) is 6.10 Å². The molecule has 2 atom stereocenters. The first kappa shape index (κ1) is 19.7. The van der Waals surface area contributed by atoms with Gasteiger partial charge in [0.25, 0.3) is 0 Å². The van der Waals surface area contributed by atoms with Crippen LogP contribution in [0.25, 0.3) is 0 Å². The SMILES string of the molecule is CC(C)OC(=O)C1=C(O)C[C@@H](O)C(Cl)=C1CC(=O)/C=C/CC[C@H]1CO1. The molecule has 0 radical (unpaired) electrons. The topological polar surface area (TPSA) is 96.4 Å². The van der Waals surface area contributed by atoms with Crippen LogP contribution in [0.15, 0.2) is 34.1 Å². The second-order valence-corrected chi connectivity index (χ2v) is 6.81. The maximum atomic E-state index is 12.2. The van der Waals surface area contributed by atoms with Gasteiger partial charge in [0.15, 0.2) is 5.78 Å². The number of esters is 1. The molecule has 2 N–H and O–H groups in total. The van der Waals surface area contributed by atoms with Gasteiger partial charge >= 0.3 is 5.97 Å². The van der Waals surface area contributed by atoms with Gasteiger partial charge < -0.3 is 19.7 Å². The third-order valence-electron chi connectivity index (χ3n) is 3.82. The number of carbonyl (C=O) groups excluding carboxylic acids is 2. The molecule has 0 aromatic heterocycles. The third kappa shape index (κ3) is 5.70. The maximum Gasteiger partial charge on any atom is 0.342 e. The van der Waals surface area contributed by atoms with Crippen LogP contribution >= 0.6 is 11.6 Å². The minimum atomic E-state index is -1.14. The van der Waals surface area contributed by atoms with E-state index < -0.39 is 12.1 Å². The highest BCUT2D eigenvalue weighted by atomic mass is 35.5. The lowest BCUT2D eigenvalue weighted by Gasteiger charge is -2.23. The summed E-state index contributed by atoms with van der Waals surface area (Å²) < 4.78 is 10.2. The Morgan fingerprint density at radius 1 is 1.44 bits per heavy atom. The highest BCUT2D eigenvalue weighted by molar-refractivity contribution is 6.31. The van der Waals surface area contributed by atoms with Crippen molar-refractivity contribution in [1.29, 1.82) is 0 Å². The largest absolute Gasteiger partial charge is 0.511 e. The zero-order valence-corrected chi connectivity index (χ0v) is 15.1. The lowest BCUT2D eigenvalue weighted by Crippen LogP contribution is -2.25. The van der Waals surface area contributed by atoms with E-state index in [-0.39, 0.29) is 46.7 Å². The van der Waals surface area contributed by atoms with Crippen LogP contribution in [0.5, 0.6) is 0 Å². The van der Waals surface area contributed by atoms with Crippen LogP contribution in [0, 0.1) is 0 Å². The van der Waals surface area contributed by atoms with Gasteiger partial charge in [-0.1, -0.05) is 17.7 Å². The number of allylic oxidation sites excluding steroid dienone is 2. The molecule has 0 spiro atoms. The van der Waals surface area contributed by atoms with Crippen LogP contribution in [0.4, 0.5) is 0 Å². The van der Waals surface area contributed by atoms with E-state index in [4.69, 9.17) is 21.1 Å². The lowest BCUT2D eigenvalue weighted by atomic mass is 9.90. The Hall–Kier alpha value is -1.63. The van der Waals surface area contributed by atoms with Gasteiger partial charge in [-0.15, -0.1) is 0 Å². The Morgan fingerprint density at radius 3 is 2.72 bits per heavy atom. The van der Waals surface area contributed by atoms with Gasteiger partial charge in [0.1, 0.15) is 11.3 Å². The van der Waals surface area contributed by atoms with Crippen molar-refractivity contribution in [2.75, 3.05) is 6.61 Å². The quantitative estimate of drug-likeness (QED) is 0.387. The molecule has 1 saturated heterocycles. The Morgan fingerprint density at radius 2 is 2.12 bits per heavy atom. The van der Waals surface area contributed by atoms with Crippen molar-refractivity contribution in [1.82, 2.24) is 0 Å². The summed E-state index contributed by atoms with van der Waals surface area (Å²) in [5, 5.41) is 20.0. The van der Waals surface area contributed by atoms with E-state index >= 15 is 0 Å². The first-order valence-electron chi connectivity index (χ1n) is 8.30. The number of hydrogen-bond acceptors (Lipinski definition) is 6. The number of carbonyl (C=O) groups is 2. The van der Waals surface area contributed by atoms with E-state index in [9.17, 15) is 19.8 Å². The number of aliphatic hydroxyl groups is 2. The van der Waals surface area contributed by atoms with Crippen LogP contribution in [-0.2, 0) is 19.1 Å². The smallest absolute Gasteiger partial charge is 0.342 e. The number of ether oxygens (including phenoxy) is 2. The van der Waals surface area contributed by atoms with Crippen molar-refractivity contribution in [2.24, 2.45) is 0 Å². The number of ketones is 1. The summed E-state index contributed by atoms with van der Waals surface area (Å²) >= 11 is 6.11. The average Bonchev–Trinajstić information content (AvgIpc) is 3.32. The molecule has 2 rings (SSSR count). The first-order chi connectivity index (χ1) is 11.8. The standard InChI is InChI=1S/C18H23ClO6/c1-10(2)25-18(23)16-13(17(19)15(22)8-14(16)21)7-11(20)5-3-4-6-12-9-24-12/h3,5,10,12,15,21-22H,4,6-9H2,1-2H3/b5-3+/t12-,15+/m0/s1. The van der Waals surface area contributed by atoms with Crippen LogP contribution in [0.3, 0.4) is 0 Å². The van der Waals surface area contributed by atoms with E-state index in [1.807, 2.05) is 0 Å². The minimum Gasteiger partial charge on any atom is -0.511 e. The molecule has 2 aliphatic rings. The number of rotatable bonds is 8. The summed E-state index contributed by atoms with van der Waals surface area (Å²) in [5.74, 6) is -1.35. The molecular weight excluding hydrogens is 348 g/mol. The highest BCUT2D eigenvalue weighted by Crippen LogP contribution is 2.35. The van der Waals surface area contributed by atoms with E-state index in [1.165, 1.54) is 6.08 Å². The van der Waals surface area contributed by atoms with Gasteiger partial charge in [-0.3, -0.25) is 4.79 Å². The molecule has 6 nitrogen and oxygen atoms in total. The number of halogens is 1. The highest BCUT2D eigenvalue weighted by Gasteiger charge is 2.33. The van der Waals surface area contributed by atoms with Crippen molar-refractivity contribution in [3.8, 4) is 0 Å². The van der Waals surface area contributed by atoms with Crippen LogP contribution < -0.4 is 0 Å². The summed E-state index contributed by atoms with van der Waals surface area (Å²) in [6.45, 7) is 4.12. The van der Waals surface area contributed by atoms with E-state index in [0.717, 1.165) is 19.4 Å². The summed E-state index contributed by atoms with van der Waals surface area (Å²) in [4.78, 5) is 24.4. The Bertz CT molecular complexity index is 627. The van der Waals surface area contributed by atoms with Gasteiger partial charge in [-0.05, 0) is 38.3 Å². The summed E-state index contributed by atoms with van der Waals surface area (Å²) in [6, 6.07) is 0. The Balaban J connectivity index is 2.10. The molecule has 0 aromatic rings. The molecule has 1 fully saturated rings. The number of hydrogen-bond donors (Lipinski definition) is 2. The molecule has 138 valence electrons. The van der Waals surface area contributed by atoms with Gasteiger partial charge in [-0.2, -0.15) is 0 Å². The number of epoxide rings is 1. The predicted molar refractivity (Wildman–Crippen MR) is 92.1 cm³/mol. The van der Waals surface area contributed by atoms with Crippen molar-refractivity contribution < 1.29 is 29.3 Å². The lowest BCUT2D eigenvalue weighted by molar-refractivity contribution is -0.142. The van der Waals surface area contributed by atoms with Crippen molar-refractivity contribution in [3.05, 3.63) is 34.1 Å². The van der Waals surface area contributed by atoms with Crippen LogP contribution in [0.2, 0.25) is 0 Å². The van der Waals surface area contributed by atoms with Crippen LogP contribution in [0.1, 0.15) is 39.5 Å². The Labute approximate surface area is 151 Å². The summed E-state index contributed by atoms with van der Waals surface area (Å²) in [6.07, 6.45) is 3.12. The maximum absolute atomic E-state index is 12.2. The molecule has 1 aliphatic carbocycles. The Kier molecular flexibility index (Phi) is 6.81. The fourth-order valence-electron chi connectivity index (χ4n) is 2.52. The minimum absolute atomic E-state index is 0.0124. The molecule has 1 heterocycles. The van der Waals surface area contributed by atoms with Gasteiger partial charge in [0.05, 0.1) is 30.0 Å². The molecule has 0 bridgehead atoms. The molecular formula is C18H23ClO6. The zero-order chi connectivity index (χ0) is 18.6. The van der Waals surface area contributed by atoms with Crippen molar-refractivity contribution in [3.63, 3.8) is 0 Å². The van der Waals surface area contributed by atoms with Crippen molar-refractivity contribution in [2.45, 2.75) is 57.8 Å². The fourth-order valence-corrected chi connectivity index (χ4v) is 2.76. The molecule has 0 aromatic carbocycles. The van der Waals surface area contributed by atoms with E-state index in [2.05, 4.69) is 0 Å². The first-order valence-corrected chi connectivity index (χ1v) is 8.68. The zero-order valence-electron chi connectivity index (χ0n) is 14.3. The summed E-state index contributed by atoms with van der Waals surface area (Å²) in [5.41, 5.74) is -0.0131. The molecule has 7 heteroatoms. The van der Waals surface area contributed by atoms with Gasteiger partial charge in [0.2, 0.25) is 0 Å². The molecule has 0 unspecified atom stereocenters. The molecule has 0 saturated carbocycles. The summed E-state index contributed by atoms with van der Waals surface area (Å²) in [7, 11) is 0.